The summed E-state index contributed by atoms with van der Waals surface area (Å²) in [7, 11) is 0. The molecule has 3 heterocycles. The van der Waals surface area contributed by atoms with Crippen LogP contribution in [-0.4, -0.2) is 19.1 Å². The third-order valence-corrected chi connectivity index (χ3v) is 12.9. The van der Waals surface area contributed by atoms with Gasteiger partial charge in [0.15, 0.2) is 5.82 Å². The van der Waals surface area contributed by atoms with Crippen molar-refractivity contribution in [2.45, 2.75) is 45.1 Å². The molecule has 6 aromatic carbocycles. The van der Waals surface area contributed by atoms with Crippen molar-refractivity contribution >= 4 is 49.2 Å². The minimum atomic E-state index is 0.326. The van der Waals surface area contributed by atoms with Crippen LogP contribution in [0.25, 0.3) is 88.5 Å². The maximum Gasteiger partial charge on any atom is 0.160 e. The zero-order valence-electron chi connectivity index (χ0n) is 33.1. The molecule has 59 heavy (non-hydrogen) atoms. The molecule has 0 bridgehead atoms. The molecule has 3 aliphatic carbocycles. The molecule has 282 valence electrons. The number of para-hydroxylation sites is 2. The number of nitrogens with zero attached hydrogens (tertiary/aromatic N) is 4. The Morgan fingerprint density at radius 1 is 0.627 bits per heavy atom. The van der Waals surface area contributed by atoms with Crippen LogP contribution < -0.4 is 0 Å². The van der Waals surface area contributed by atoms with Gasteiger partial charge >= 0.3 is 0 Å². The van der Waals surface area contributed by atoms with Crippen molar-refractivity contribution in [3.05, 3.63) is 192 Å². The standard InChI is InChI=1S/C55H42N4/c1-35-19-26-41(27-20-35)59-51-31-25-40(34-47(51)53-43-14-6-5-11-36(43)23-32-52(53)59)39-24-30-50-46(33-39)44-15-8-10-18-49(44)58(50)42-28-21-38(22-29-42)55-56-48-17-9-7-16-45(48)54(57-55)37-12-3-2-4-13-37/h2-3,5-12,14-22,24-26,28-31,33-34,41H,4,13,23,27,32H2,1H3. The molecule has 1 unspecified atom stereocenters. The van der Waals surface area contributed by atoms with Crippen molar-refractivity contribution < 1.29 is 0 Å². The first-order valence-corrected chi connectivity index (χ1v) is 21.0. The van der Waals surface area contributed by atoms with Crippen LogP contribution in [0, 0.1) is 0 Å². The molecule has 0 spiro atoms. The van der Waals surface area contributed by atoms with Crippen molar-refractivity contribution in [2.24, 2.45) is 0 Å². The molecule has 0 aliphatic heterocycles. The molecule has 0 fully saturated rings. The average Bonchev–Trinajstić information content (AvgIpc) is 3.82. The molecule has 0 N–H and O–H groups in total. The fourth-order valence-corrected chi connectivity index (χ4v) is 10.1. The average molecular weight is 759 g/mol. The maximum atomic E-state index is 5.18. The summed E-state index contributed by atoms with van der Waals surface area (Å²) >= 11 is 0. The second-order valence-corrected chi connectivity index (χ2v) is 16.4. The van der Waals surface area contributed by atoms with Crippen molar-refractivity contribution in [3.63, 3.8) is 0 Å². The zero-order chi connectivity index (χ0) is 39.0. The molecule has 3 aliphatic rings. The number of fused-ring (bicyclic) bond motifs is 9. The first-order chi connectivity index (χ1) is 29.2. The monoisotopic (exact) mass is 758 g/mol. The van der Waals surface area contributed by atoms with Gasteiger partial charge in [0, 0.05) is 49.6 Å². The van der Waals surface area contributed by atoms with Crippen LogP contribution in [0.2, 0.25) is 0 Å². The lowest BCUT2D eigenvalue weighted by atomic mass is 9.87. The number of hydrogen-bond donors (Lipinski definition) is 0. The van der Waals surface area contributed by atoms with E-state index in [0.29, 0.717) is 6.04 Å². The van der Waals surface area contributed by atoms with Crippen LogP contribution in [0.1, 0.15) is 49.2 Å². The van der Waals surface area contributed by atoms with E-state index >= 15 is 0 Å². The Morgan fingerprint density at radius 3 is 2.20 bits per heavy atom. The molecule has 3 aromatic heterocycles. The molecule has 9 aromatic rings. The van der Waals surface area contributed by atoms with E-state index in [4.69, 9.17) is 9.97 Å². The topological polar surface area (TPSA) is 35.6 Å². The second kappa shape index (κ2) is 13.5. The molecule has 0 saturated heterocycles. The van der Waals surface area contributed by atoms with E-state index in [1.165, 1.54) is 77.4 Å². The highest BCUT2D eigenvalue weighted by Gasteiger charge is 2.27. The highest BCUT2D eigenvalue weighted by atomic mass is 15.0. The highest BCUT2D eigenvalue weighted by molar-refractivity contribution is 6.11. The SMILES string of the molecule is CC1=CCC(n2c3c(c4cc(-c5ccc6c(c5)c5ccccc5n6-c5ccc(-c6nc(C7=CC=CCC7)c7ccccc7n6)cc5)ccc42)-c2ccccc2CC3)C=C1. The molecule has 1 atom stereocenters. The van der Waals surface area contributed by atoms with E-state index in [-0.39, 0.29) is 0 Å². The van der Waals surface area contributed by atoms with Crippen molar-refractivity contribution in [3.8, 4) is 39.3 Å². The van der Waals surface area contributed by atoms with Crippen molar-refractivity contribution in [1.29, 1.82) is 0 Å². The Labute approximate surface area is 343 Å². The van der Waals surface area contributed by atoms with Gasteiger partial charge in [-0.1, -0.05) is 115 Å². The number of benzene rings is 6. The van der Waals surface area contributed by atoms with Crippen LogP contribution in [0.15, 0.2) is 175 Å². The van der Waals surface area contributed by atoms with Gasteiger partial charge < -0.3 is 9.13 Å². The Morgan fingerprint density at radius 2 is 1.37 bits per heavy atom. The van der Waals surface area contributed by atoms with Gasteiger partial charge in [0.25, 0.3) is 0 Å². The summed E-state index contributed by atoms with van der Waals surface area (Å²) < 4.78 is 5.04. The Bertz CT molecular complexity index is 3310. The Kier molecular flexibility index (Phi) is 7.81. The second-order valence-electron chi connectivity index (χ2n) is 16.4. The third kappa shape index (κ3) is 5.51. The van der Waals surface area contributed by atoms with Crippen LogP contribution >= 0.6 is 0 Å². The summed E-state index contributed by atoms with van der Waals surface area (Å²) in [5.74, 6) is 0.756. The van der Waals surface area contributed by atoms with E-state index < -0.39 is 0 Å². The molecular weight excluding hydrogens is 717 g/mol. The quantitative estimate of drug-likeness (QED) is 0.175. The van der Waals surface area contributed by atoms with Gasteiger partial charge in [-0.2, -0.15) is 0 Å². The van der Waals surface area contributed by atoms with Gasteiger partial charge in [-0.3, -0.25) is 0 Å². The number of aromatic nitrogens is 4. The Balaban J connectivity index is 0.961. The highest BCUT2D eigenvalue weighted by Crippen LogP contribution is 2.45. The van der Waals surface area contributed by atoms with Crippen LogP contribution in [-0.2, 0) is 12.8 Å². The third-order valence-electron chi connectivity index (χ3n) is 12.9. The first kappa shape index (κ1) is 34.0. The summed E-state index contributed by atoms with van der Waals surface area (Å²) in [6.45, 7) is 2.20. The molecule has 4 heteroatoms. The lowest BCUT2D eigenvalue weighted by Gasteiger charge is -2.24. The summed E-state index contributed by atoms with van der Waals surface area (Å²) in [5, 5.41) is 4.95. The van der Waals surface area contributed by atoms with Crippen molar-refractivity contribution in [1.82, 2.24) is 19.1 Å². The predicted molar refractivity (Wildman–Crippen MR) is 246 cm³/mol. The summed E-state index contributed by atoms with van der Waals surface area (Å²) in [4.78, 5) is 10.2. The first-order valence-electron chi connectivity index (χ1n) is 21.0. The zero-order valence-corrected chi connectivity index (χ0v) is 33.1. The minimum Gasteiger partial charge on any atom is -0.337 e. The molecule has 0 amide bonds. The fraction of sp³-hybridized carbons (Fsp3) is 0.127. The number of allylic oxidation sites excluding steroid dienone is 8. The smallest absolute Gasteiger partial charge is 0.160 e. The van der Waals surface area contributed by atoms with Crippen molar-refractivity contribution in [2.75, 3.05) is 0 Å². The lowest BCUT2D eigenvalue weighted by molar-refractivity contribution is 0.596. The maximum absolute atomic E-state index is 5.18. The van der Waals surface area contributed by atoms with E-state index in [0.717, 1.165) is 65.8 Å². The molecule has 0 radical (unpaired) electrons. The van der Waals surface area contributed by atoms with Crippen LogP contribution in [0.3, 0.4) is 0 Å². The lowest BCUT2D eigenvalue weighted by Crippen LogP contribution is -2.14. The van der Waals surface area contributed by atoms with E-state index in [9.17, 15) is 0 Å². The fourth-order valence-electron chi connectivity index (χ4n) is 10.1. The Hall–Kier alpha value is -7.04. The van der Waals surface area contributed by atoms with Gasteiger partial charge in [0.05, 0.1) is 28.3 Å². The number of rotatable bonds is 5. The van der Waals surface area contributed by atoms with E-state index in [1.54, 1.807) is 0 Å². The number of aryl methyl sites for hydroxylation is 1. The van der Waals surface area contributed by atoms with E-state index in [1.807, 2.05) is 0 Å². The molecule has 0 saturated carbocycles. The van der Waals surface area contributed by atoms with Gasteiger partial charge in [-0.25, -0.2) is 9.97 Å². The van der Waals surface area contributed by atoms with Crippen LogP contribution in [0.4, 0.5) is 0 Å². The summed E-state index contributed by atoms with van der Waals surface area (Å²) in [6, 6.07) is 49.5. The predicted octanol–water partition coefficient (Wildman–Crippen LogP) is 14.0. The van der Waals surface area contributed by atoms with Gasteiger partial charge in [0.2, 0.25) is 0 Å². The van der Waals surface area contributed by atoms with Gasteiger partial charge in [0.1, 0.15) is 0 Å². The van der Waals surface area contributed by atoms with E-state index in [2.05, 4.69) is 186 Å². The molecule has 4 nitrogen and oxygen atoms in total. The molecule has 12 rings (SSSR count). The largest absolute Gasteiger partial charge is 0.337 e. The number of hydrogen-bond acceptors (Lipinski definition) is 2. The summed E-state index contributed by atoms with van der Waals surface area (Å²) in [5.41, 5.74) is 18.6. The minimum absolute atomic E-state index is 0.326. The van der Waals surface area contributed by atoms with Gasteiger partial charge in [-0.05, 0) is 128 Å². The summed E-state index contributed by atoms with van der Waals surface area (Å²) in [6.07, 6.45) is 18.8. The van der Waals surface area contributed by atoms with Crippen LogP contribution in [0.5, 0.6) is 0 Å². The van der Waals surface area contributed by atoms with Gasteiger partial charge in [-0.15, -0.1) is 0 Å². The molecular formula is C55H42N4. The normalized spacial score (nSPS) is 16.1.